The Kier molecular flexibility index (Phi) is 7.18. The third-order valence-electron chi connectivity index (χ3n) is 5.06. The van der Waals surface area contributed by atoms with E-state index in [1.54, 1.807) is 17.0 Å². The SMILES string of the molecule is O=C(NCc1ccccc1)c1ccc(CN(Cc2ccccc2)C(=O)Nc2ccccc2)o1. The number of anilines is 1. The second-order valence-corrected chi connectivity index (χ2v) is 7.57. The van der Waals surface area contributed by atoms with Crippen molar-refractivity contribution >= 4 is 17.6 Å². The molecule has 4 rings (SSSR count). The molecule has 33 heavy (non-hydrogen) atoms. The number of amides is 3. The van der Waals surface area contributed by atoms with Gasteiger partial charge in [0.05, 0.1) is 6.54 Å². The summed E-state index contributed by atoms with van der Waals surface area (Å²) in [6, 6.07) is 31.8. The number of benzene rings is 3. The number of carbonyl (C=O) groups excluding carboxylic acids is 2. The number of urea groups is 1. The molecule has 0 unspecified atom stereocenters. The van der Waals surface area contributed by atoms with Gasteiger partial charge in [0.25, 0.3) is 5.91 Å². The maximum absolute atomic E-state index is 13.0. The van der Waals surface area contributed by atoms with Crippen molar-refractivity contribution < 1.29 is 14.0 Å². The van der Waals surface area contributed by atoms with Crippen LogP contribution in [0.25, 0.3) is 0 Å². The molecule has 2 N–H and O–H groups in total. The van der Waals surface area contributed by atoms with Gasteiger partial charge in [-0.1, -0.05) is 78.9 Å². The number of carbonyl (C=O) groups is 2. The van der Waals surface area contributed by atoms with E-state index in [2.05, 4.69) is 10.6 Å². The van der Waals surface area contributed by atoms with Crippen LogP contribution in [0.1, 0.15) is 27.4 Å². The Morgan fingerprint density at radius 1 is 0.697 bits per heavy atom. The van der Waals surface area contributed by atoms with Gasteiger partial charge >= 0.3 is 6.03 Å². The fraction of sp³-hybridized carbons (Fsp3) is 0.111. The Bertz CT molecular complexity index is 1170. The van der Waals surface area contributed by atoms with Gasteiger partial charge in [0.2, 0.25) is 0 Å². The summed E-state index contributed by atoms with van der Waals surface area (Å²) in [5, 5.41) is 5.77. The lowest BCUT2D eigenvalue weighted by molar-refractivity contribution is 0.0920. The number of nitrogens with one attached hydrogen (secondary N) is 2. The molecule has 0 aliphatic carbocycles. The maximum Gasteiger partial charge on any atom is 0.322 e. The molecule has 0 radical (unpaired) electrons. The fourth-order valence-corrected chi connectivity index (χ4v) is 3.37. The first-order chi connectivity index (χ1) is 16.2. The van der Waals surface area contributed by atoms with Gasteiger partial charge in [-0.05, 0) is 35.4 Å². The van der Waals surface area contributed by atoms with Crippen LogP contribution in [0.15, 0.2) is 108 Å². The highest BCUT2D eigenvalue weighted by Crippen LogP contribution is 2.16. The molecule has 0 spiro atoms. The van der Waals surface area contributed by atoms with E-state index in [1.807, 2.05) is 91.0 Å². The number of para-hydroxylation sites is 1. The predicted octanol–water partition coefficient (Wildman–Crippen LogP) is 5.44. The van der Waals surface area contributed by atoms with Crippen molar-refractivity contribution in [3.63, 3.8) is 0 Å². The average Bonchev–Trinajstić information content (AvgIpc) is 3.33. The van der Waals surface area contributed by atoms with E-state index in [0.717, 1.165) is 11.1 Å². The second-order valence-electron chi connectivity index (χ2n) is 7.57. The summed E-state index contributed by atoms with van der Waals surface area (Å²) in [5.74, 6) is 0.441. The van der Waals surface area contributed by atoms with Crippen LogP contribution in [-0.4, -0.2) is 16.8 Å². The third-order valence-corrected chi connectivity index (χ3v) is 5.06. The van der Waals surface area contributed by atoms with Crippen LogP contribution < -0.4 is 10.6 Å². The monoisotopic (exact) mass is 439 g/mol. The summed E-state index contributed by atoms with van der Waals surface area (Å²) >= 11 is 0. The van der Waals surface area contributed by atoms with Crippen molar-refractivity contribution in [1.82, 2.24) is 10.2 Å². The van der Waals surface area contributed by atoms with Crippen LogP contribution in [0.3, 0.4) is 0 Å². The molecule has 0 fully saturated rings. The Hall–Kier alpha value is -4.32. The molecule has 0 atom stereocenters. The van der Waals surface area contributed by atoms with Gasteiger partial charge in [-0.15, -0.1) is 0 Å². The summed E-state index contributed by atoms with van der Waals surface area (Å²) in [5.41, 5.74) is 2.71. The molecule has 166 valence electrons. The summed E-state index contributed by atoms with van der Waals surface area (Å²) in [6.45, 7) is 1.03. The van der Waals surface area contributed by atoms with Crippen molar-refractivity contribution in [1.29, 1.82) is 0 Å². The smallest absolute Gasteiger partial charge is 0.322 e. The molecule has 3 aromatic carbocycles. The molecule has 3 amide bonds. The quantitative estimate of drug-likeness (QED) is 0.384. The first-order valence-electron chi connectivity index (χ1n) is 10.7. The number of nitrogens with zero attached hydrogens (tertiary/aromatic N) is 1. The van der Waals surface area contributed by atoms with Gasteiger partial charge in [0.15, 0.2) is 5.76 Å². The van der Waals surface area contributed by atoms with Crippen molar-refractivity contribution in [2.45, 2.75) is 19.6 Å². The van der Waals surface area contributed by atoms with E-state index in [4.69, 9.17) is 4.42 Å². The van der Waals surface area contributed by atoms with E-state index in [1.165, 1.54) is 0 Å². The van der Waals surface area contributed by atoms with Crippen molar-refractivity contribution in [3.8, 4) is 0 Å². The lowest BCUT2D eigenvalue weighted by Gasteiger charge is -2.22. The van der Waals surface area contributed by atoms with Crippen molar-refractivity contribution in [2.75, 3.05) is 5.32 Å². The number of hydrogen-bond acceptors (Lipinski definition) is 3. The van der Waals surface area contributed by atoms with E-state index in [9.17, 15) is 9.59 Å². The zero-order chi connectivity index (χ0) is 22.9. The van der Waals surface area contributed by atoms with Crippen LogP contribution in [0, 0.1) is 0 Å². The molecular weight excluding hydrogens is 414 g/mol. The highest BCUT2D eigenvalue weighted by molar-refractivity contribution is 5.91. The van der Waals surface area contributed by atoms with Crippen molar-refractivity contribution in [2.24, 2.45) is 0 Å². The molecular formula is C27H25N3O3. The molecule has 0 saturated carbocycles. The first-order valence-corrected chi connectivity index (χ1v) is 10.7. The van der Waals surface area contributed by atoms with Crippen molar-refractivity contribution in [3.05, 3.63) is 126 Å². The van der Waals surface area contributed by atoms with Crippen LogP contribution in [0.4, 0.5) is 10.5 Å². The highest BCUT2D eigenvalue weighted by atomic mass is 16.4. The Morgan fingerprint density at radius 2 is 1.30 bits per heavy atom. The zero-order valence-electron chi connectivity index (χ0n) is 18.1. The fourth-order valence-electron chi connectivity index (χ4n) is 3.37. The molecule has 4 aromatic rings. The standard InChI is InChI=1S/C27H25N3O3/c31-26(28-18-21-10-4-1-5-11-21)25-17-16-24(33-25)20-30(19-22-12-6-2-7-13-22)27(32)29-23-14-8-3-9-15-23/h1-17H,18-20H2,(H,28,31)(H,29,32). The third kappa shape index (κ3) is 6.33. The second kappa shape index (κ2) is 10.8. The lowest BCUT2D eigenvalue weighted by Crippen LogP contribution is -2.34. The highest BCUT2D eigenvalue weighted by Gasteiger charge is 2.18. The molecule has 6 heteroatoms. The van der Waals surface area contributed by atoms with Gasteiger partial charge in [0.1, 0.15) is 5.76 Å². The van der Waals surface area contributed by atoms with Gasteiger partial charge in [0, 0.05) is 18.8 Å². The normalized spacial score (nSPS) is 10.4. The molecule has 0 saturated heterocycles. The first kappa shape index (κ1) is 21.9. The average molecular weight is 440 g/mol. The number of hydrogen-bond donors (Lipinski definition) is 2. The van der Waals surface area contributed by atoms with Gasteiger partial charge in [-0.3, -0.25) is 4.79 Å². The van der Waals surface area contributed by atoms with E-state index in [-0.39, 0.29) is 24.2 Å². The summed E-state index contributed by atoms with van der Waals surface area (Å²) in [6.07, 6.45) is 0. The van der Waals surface area contributed by atoms with Crippen LogP contribution in [0.2, 0.25) is 0 Å². The minimum absolute atomic E-state index is 0.212. The number of furan rings is 1. The van der Waals surface area contributed by atoms with E-state index < -0.39 is 0 Å². The Labute approximate surface area is 192 Å². The molecule has 0 aliphatic rings. The molecule has 6 nitrogen and oxygen atoms in total. The molecule has 1 heterocycles. The maximum atomic E-state index is 13.0. The Morgan fingerprint density at radius 3 is 1.97 bits per heavy atom. The summed E-state index contributed by atoms with van der Waals surface area (Å²) in [4.78, 5) is 27.1. The zero-order valence-corrected chi connectivity index (χ0v) is 18.1. The van der Waals surface area contributed by atoms with Crippen LogP contribution >= 0.6 is 0 Å². The molecule has 0 aliphatic heterocycles. The van der Waals surface area contributed by atoms with Gasteiger partial charge in [-0.25, -0.2) is 4.79 Å². The predicted molar refractivity (Wildman–Crippen MR) is 127 cm³/mol. The molecule has 1 aromatic heterocycles. The van der Waals surface area contributed by atoms with Gasteiger partial charge in [-0.2, -0.15) is 0 Å². The minimum Gasteiger partial charge on any atom is -0.454 e. The van der Waals surface area contributed by atoms with E-state index in [0.29, 0.717) is 24.5 Å². The van der Waals surface area contributed by atoms with Gasteiger partial charge < -0.3 is 20.0 Å². The van der Waals surface area contributed by atoms with Crippen LogP contribution in [0.5, 0.6) is 0 Å². The minimum atomic E-state index is -0.298. The molecule has 0 bridgehead atoms. The largest absolute Gasteiger partial charge is 0.454 e. The summed E-state index contributed by atoms with van der Waals surface area (Å²) in [7, 11) is 0. The number of rotatable bonds is 8. The van der Waals surface area contributed by atoms with Crippen LogP contribution in [-0.2, 0) is 19.6 Å². The summed E-state index contributed by atoms with van der Waals surface area (Å²) < 4.78 is 5.77. The Balaban J connectivity index is 1.43. The van der Waals surface area contributed by atoms with E-state index >= 15 is 0 Å². The topological polar surface area (TPSA) is 74.6 Å². The lowest BCUT2D eigenvalue weighted by atomic mass is 10.2.